The van der Waals surface area contributed by atoms with Gasteiger partial charge in [0.15, 0.2) is 0 Å². The van der Waals surface area contributed by atoms with Crippen molar-refractivity contribution in [2.75, 3.05) is 7.11 Å². The third kappa shape index (κ3) is 3.45. The van der Waals surface area contributed by atoms with E-state index in [1.165, 1.54) is 6.33 Å². The van der Waals surface area contributed by atoms with E-state index in [4.69, 9.17) is 10.5 Å². The van der Waals surface area contributed by atoms with Crippen LogP contribution in [0.15, 0.2) is 12.4 Å². The molecule has 16 heavy (non-hydrogen) atoms. The van der Waals surface area contributed by atoms with E-state index in [2.05, 4.69) is 23.8 Å². The molecular formula is C12H21N3O. The first-order valence-corrected chi connectivity index (χ1v) is 5.82. The second kappa shape index (κ2) is 6.43. The molecule has 1 aromatic rings. The van der Waals surface area contributed by atoms with Crippen molar-refractivity contribution in [2.24, 2.45) is 11.7 Å². The molecule has 90 valence electrons. The number of nitrogens with zero attached hydrogens (tertiary/aromatic N) is 2. The molecule has 2 N–H and O–H groups in total. The molecule has 4 nitrogen and oxygen atoms in total. The predicted molar refractivity (Wildman–Crippen MR) is 64.2 cm³/mol. The van der Waals surface area contributed by atoms with E-state index in [0.29, 0.717) is 11.8 Å². The molecule has 1 aromatic heterocycles. The summed E-state index contributed by atoms with van der Waals surface area (Å²) in [6, 6.07) is 1.79. The summed E-state index contributed by atoms with van der Waals surface area (Å²) in [6.45, 7) is 4.39. The first kappa shape index (κ1) is 12.9. The van der Waals surface area contributed by atoms with Gasteiger partial charge in [0.1, 0.15) is 6.33 Å². The van der Waals surface area contributed by atoms with Crippen LogP contribution in [-0.2, 0) is 0 Å². The first-order chi connectivity index (χ1) is 7.71. The Morgan fingerprint density at radius 2 is 2.00 bits per heavy atom. The van der Waals surface area contributed by atoms with Gasteiger partial charge in [0.25, 0.3) is 0 Å². The smallest absolute Gasteiger partial charge is 0.216 e. The van der Waals surface area contributed by atoms with Crippen molar-refractivity contribution >= 4 is 0 Å². The lowest BCUT2D eigenvalue weighted by Crippen LogP contribution is -2.16. The summed E-state index contributed by atoms with van der Waals surface area (Å²) >= 11 is 0. The average molecular weight is 223 g/mol. The average Bonchev–Trinajstić information content (AvgIpc) is 2.35. The van der Waals surface area contributed by atoms with Crippen molar-refractivity contribution in [1.29, 1.82) is 0 Å². The lowest BCUT2D eigenvalue weighted by molar-refractivity contribution is 0.388. The highest BCUT2D eigenvalue weighted by molar-refractivity contribution is 5.16. The fourth-order valence-electron chi connectivity index (χ4n) is 1.77. The van der Waals surface area contributed by atoms with Crippen LogP contribution in [0.2, 0.25) is 0 Å². The maximum absolute atomic E-state index is 6.12. The highest BCUT2D eigenvalue weighted by Gasteiger charge is 2.14. The number of hydrogen-bond acceptors (Lipinski definition) is 4. The van der Waals surface area contributed by atoms with Gasteiger partial charge >= 0.3 is 0 Å². The van der Waals surface area contributed by atoms with Crippen molar-refractivity contribution in [1.82, 2.24) is 9.97 Å². The molecule has 0 aliphatic carbocycles. The van der Waals surface area contributed by atoms with E-state index >= 15 is 0 Å². The molecule has 0 radical (unpaired) electrons. The predicted octanol–water partition coefficient (Wildman–Crippen LogP) is 2.31. The van der Waals surface area contributed by atoms with Crippen molar-refractivity contribution < 1.29 is 4.74 Å². The minimum Gasteiger partial charge on any atom is -0.481 e. The van der Waals surface area contributed by atoms with Gasteiger partial charge in [0, 0.05) is 12.1 Å². The molecule has 0 aliphatic heterocycles. The first-order valence-electron chi connectivity index (χ1n) is 5.82. The van der Waals surface area contributed by atoms with Gasteiger partial charge in [-0.3, -0.25) is 0 Å². The maximum atomic E-state index is 6.12. The summed E-state index contributed by atoms with van der Waals surface area (Å²) in [5, 5.41) is 0. The van der Waals surface area contributed by atoms with Crippen molar-refractivity contribution in [3.63, 3.8) is 0 Å². The van der Waals surface area contributed by atoms with Crippen molar-refractivity contribution in [2.45, 2.75) is 39.2 Å². The summed E-state index contributed by atoms with van der Waals surface area (Å²) in [6.07, 6.45) is 4.78. The number of ether oxygens (including phenoxy) is 1. The highest BCUT2D eigenvalue weighted by Crippen LogP contribution is 2.23. The summed E-state index contributed by atoms with van der Waals surface area (Å²) in [5.41, 5.74) is 6.98. The third-order valence-electron chi connectivity index (χ3n) is 2.99. The SMILES string of the molecule is CCC(CC)CC(N)c1cc(OC)ncn1. The van der Waals surface area contributed by atoms with Crippen LogP contribution >= 0.6 is 0 Å². The topological polar surface area (TPSA) is 61.0 Å². The molecule has 4 heteroatoms. The Kier molecular flexibility index (Phi) is 5.19. The largest absolute Gasteiger partial charge is 0.481 e. The second-order valence-electron chi connectivity index (χ2n) is 4.01. The Morgan fingerprint density at radius 3 is 2.56 bits per heavy atom. The van der Waals surface area contributed by atoms with Crippen LogP contribution in [0.4, 0.5) is 0 Å². The molecular weight excluding hydrogens is 202 g/mol. The Bertz CT molecular complexity index is 313. The molecule has 0 aromatic carbocycles. The molecule has 0 spiro atoms. The highest BCUT2D eigenvalue weighted by atomic mass is 16.5. The molecule has 1 atom stereocenters. The lowest BCUT2D eigenvalue weighted by atomic mass is 9.94. The van der Waals surface area contributed by atoms with Crippen LogP contribution in [-0.4, -0.2) is 17.1 Å². The van der Waals surface area contributed by atoms with E-state index in [1.807, 2.05) is 6.07 Å². The Labute approximate surface area is 97.2 Å². The Balaban J connectivity index is 2.67. The van der Waals surface area contributed by atoms with E-state index in [-0.39, 0.29) is 6.04 Å². The Hall–Kier alpha value is -1.16. The molecule has 1 rings (SSSR count). The molecule has 0 fully saturated rings. The minimum absolute atomic E-state index is 0.0261. The van der Waals surface area contributed by atoms with Gasteiger partial charge < -0.3 is 10.5 Å². The zero-order chi connectivity index (χ0) is 12.0. The fraction of sp³-hybridized carbons (Fsp3) is 0.667. The maximum Gasteiger partial charge on any atom is 0.216 e. The van der Waals surface area contributed by atoms with E-state index in [1.54, 1.807) is 7.11 Å². The number of aromatic nitrogens is 2. The van der Waals surface area contributed by atoms with Gasteiger partial charge in [-0.15, -0.1) is 0 Å². The quantitative estimate of drug-likeness (QED) is 0.804. The van der Waals surface area contributed by atoms with E-state index in [9.17, 15) is 0 Å². The number of hydrogen-bond donors (Lipinski definition) is 1. The van der Waals surface area contributed by atoms with E-state index < -0.39 is 0 Å². The van der Waals surface area contributed by atoms with Gasteiger partial charge in [-0.1, -0.05) is 26.7 Å². The van der Waals surface area contributed by atoms with Gasteiger partial charge in [-0.05, 0) is 12.3 Å². The zero-order valence-electron chi connectivity index (χ0n) is 10.3. The minimum atomic E-state index is -0.0261. The summed E-state index contributed by atoms with van der Waals surface area (Å²) in [7, 11) is 1.60. The van der Waals surface area contributed by atoms with Gasteiger partial charge in [0.05, 0.1) is 12.8 Å². The Morgan fingerprint density at radius 1 is 1.31 bits per heavy atom. The fourth-order valence-corrected chi connectivity index (χ4v) is 1.77. The van der Waals surface area contributed by atoms with Crippen LogP contribution in [0.3, 0.4) is 0 Å². The van der Waals surface area contributed by atoms with E-state index in [0.717, 1.165) is 25.0 Å². The summed E-state index contributed by atoms with van der Waals surface area (Å²) in [5.74, 6) is 1.24. The molecule has 0 saturated heterocycles. The monoisotopic (exact) mass is 223 g/mol. The van der Waals surface area contributed by atoms with Crippen LogP contribution in [0.5, 0.6) is 5.88 Å². The van der Waals surface area contributed by atoms with Crippen LogP contribution in [0.1, 0.15) is 44.8 Å². The molecule has 1 heterocycles. The number of methoxy groups -OCH3 is 1. The molecule has 0 amide bonds. The van der Waals surface area contributed by atoms with Gasteiger partial charge in [-0.25, -0.2) is 9.97 Å². The molecule has 0 saturated carbocycles. The van der Waals surface area contributed by atoms with Crippen LogP contribution in [0.25, 0.3) is 0 Å². The normalized spacial score (nSPS) is 12.8. The second-order valence-corrected chi connectivity index (χ2v) is 4.01. The molecule has 0 bridgehead atoms. The molecule has 0 aliphatic rings. The van der Waals surface area contributed by atoms with Crippen LogP contribution < -0.4 is 10.5 Å². The molecule has 1 unspecified atom stereocenters. The van der Waals surface area contributed by atoms with Gasteiger partial charge in [0.2, 0.25) is 5.88 Å². The van der Waals surface area contributed by atoms with Crippen LogP contribution in [0, 0.1) is 5.92 Å². The van der Waals surface area contributed by atoms with Gasteiger partial charge in [-0.2, -0.15) is 0 Å². The summed E-state index contributed by atoms with van der Waals surface area (Å²) < 4.78 is 5.06. The van der Waals surface area contributed by atoms with Crippen molar-refractivity contribution in [3.8, 4) is 5.88 Å². The third-order valence-corrected chi connectivity index (χ3v) is 2.99. The number of rotatable bonds is 6. The van der Waals surface area contributed by atoms with Crippen molar-refractivity contribution in [3.05, 3.63) is 18.1 Å². The zero-order valence-corrected chi connectivity index (χ0v) is 10.3. The number of nitrogens with two attached hydrogens (primary N) is 1. The standard InChI is InChI=1S/C12H21N3O/c1-4-9(5-2)6-10(13)11-7-12(16-3)15-8-14-11/h7-10H,4-6,13H2,1-3H3. The lowest BCUT2D eigenvalue weighted by Gasteiger charge is -2.17. The summed E-state index contributed by atoms with van der Waals surface area (Å²) in [4.78, 5) is 8.16.